The second-order valence-electron chi connectivity index (χ2n) is 9.07. The number of carbonyl (C=O) groups excluding carboxylic acids is 2. The first kappa shape index (κ1) is 19.9. The van der Waals surface area contributed by atoms with E-state index >= 15 is 0 Å². The zero-order valence-electron chi connectivity index (χ0n) is 16.7. The fraction of sp³-hybridized carbons (Fsp3) is 0.636. The Balaban J connectivity index is 1.54. The molecule has 1 aromatic rings. The minimum absolute atomic E-state index is 0.0134. The standard InChI is InChI=1S/C22H31NO4/c1-21(2,3)16-7-9-18(10-8-16)27-15-17(24)14-23-19(25)13-22(20(23)26)11-5-4-6-12-22/h7-10,17,24H,4-6,11-15H2,1-3H3. The molecule has 3 rings (SSSR count). The molecule has 1 aliphatic heterocycles. The maximum absolute atomic E-state index is 12.8. The molecule has 1 saturated heterocycles. The van der Waals surface area contributed by atoms with Crippen LogP contribution in [0.5, 0.6) is 5.75 Å². The van der Waals surface area contributed by atoms with E-state index in [-0.39, 0.29) is 30.4 Å². The van der Waals surface area contributed by atoms with E-state index in [0.29, 0.717) is 12.2 Å². The van der Waals surface area contributed by atoms with E-state index in [1.165, 1.54) is 10.5 Å². The van der Waals surface area contributed by atoms with Crippen molar-refractivity contribution >= 4 is 11.8 Å². The summed E-state index contributed by atoms with van der Waals surface area (Å²) in [5.41, 5.74) is 0.781. The fourth-order valence-corrected chi connectivity index (χ4v) is 4.17. The summed E-state index contributed by atoms with van der Waals surface area (Å²) in [6, 6.07) is 7.80. The van der Waals surface area contributed by atoms with E-state index in [1.54, 1.807) is 0 Å². The van der Waals surface area contributed by atoms with Crippen molar-refractivity contribution < 1.29 is 19.4 Å². The van der Waals surface area contributed by atoms with Gasteiger partial charge < -0.3 is 9.84 Å². The number of benzene rings is 1. The third-order valence-corrected chi connectivity index (χ3v) is 5.86. The molecule has 1 saturated carbocycles. The molecule has 5 heteroatoms. The lowest BCUT2D eigenvalue weighted by Crippen LogP contribution is -2.42. The van der Waals surface area contributed by atoms with Gasteiger partial charge in [0.2, 0.25) is 11.8 Å². The molecule has 2 amide bonds. The first-order valence-electron chi connectivity index (χ1n) is 9.97. The quantitative estimate of drug-likeness (QED) is 0.803. The molecule has 2 fully saturated rings. The van der Waals surface area contributed by atoms with Crippen LogP contribution in [0.1, 0.15) is 64.9 Å². The van der Waals surface area contributed by atoms with E-state index in [1.807, 2.05) is 24.3 Å². The van der Waals surface area contributed by atoms with Crippen molar-refractivity contribution in [3.63, 3.8) is 0 Å². The topological polar surface area (TPSA) is 66.8 Å². The van der Waals surface area contributed by atoms with E-state index in [4.69, 9.17) is 4.74 Å². The zero-order chi connectivity index (χ0) is 19.7. The summed E-state index contributed by atoms with van der Waals surface area (Å²) in [5.74, 6) is 0.418. The van der Waals surface area contributed by atoms with Crippen LogP contribution in [0.2, 0.25) is 0 Å². The molecule has 5 nitrogen and oxygen atoms in total. The molecule has 0 bridgehead atoms. The minimum Gasteiger partial charge on any atom is -0.491 e. The number of imide groups is 1. The van der Waals surface area contributed by atoms with Crippen LogP contribution in [0.4, 0.5) is 0 Å². The summed E-state index contributed by atoms with van der Waals surface area (Å²) in [4.78, 5) is 26.4. The van der Waals surface area contributed by atoms with Crippen LogP contribution in [-0.2, 0) is 15.0 Å². The van der Waals surface area contributed by atoms with Crippen molar-refractivity contribution in [1.82, 2.24) is 4.90 Å². The highest BCUT2D eigenvalue weighted by Gasteiger charge is 2.51. The summed E-state index contributed by atoms with van der Waals surface area (Å²) in [5, 5.41) is 10.3. The Morgan fingerprint density at radius 1 is 1.11 bits per heavy atom. The number of amides is 2. The molecule has 0 radical (unpaired) electrons. The Hall–Kier alpha value is -1.88. The number of hydrogen-bond acceptors (Lipinski definition) is 4. The number of rotatable bonds is 5. The minimum atomic E-state index is -0.890. The highest BCUT2D eigenvalue weighted by atomic mass is 16.5. The Kier molecular flexibility index (Phi) is 5.61. The van der Waals surface area contributed by atoms with Gasteiger partial charge in [-0.2, -0.15) is 0 Å². The number of ether oxygens (including phenoxy) is 1. The van der Waals surface area contributed by atoms with Crippen molar-refractivity contribution in [3.8, 4) is 5.75 Å². The highest BCUT2D eigenvalue weighted by molar-refractivity contribution is 6.06. The molecule has 1 aliphatic carbocycles. The van der Waals surface area contributed by atoms with Crippen molar-refractivity contribution in [1.29, 1.82) is 0 Å². The van der Waals surface area contributed by atoms with E-state index in [9.17, 15) is 14.7 Å². The Labute approximate surface area is 161 Å². The van der Waals surface area contributed by atoms with Crippen LogP contribution in [0, 0.1) is 5.41 Å². The van der Waals surface area contributed by atoms with Gasteiger partial charge in [-0.1, -0.05) is 52.2 Å². The van der Waals surface area contributed by atoms with Crippen LogP contribution >= 0.6 is 0 Å². The number of nitrogens with zero attached hydrogens (tertiary/aromatic N) is 1. The van der Waals surface area contributed by atoms with Crippen LogP contribution in [0.15, 0.2) is 24.3 Å². The molecule has 1 unspecified atom stereocenters. The van der Waals surface area contributed by atoms with Gasteiger partial charge in [0.25, 0.3) is 0 Å². The third-order valence-electron chi connectivity index (χ3n) is 5.86. The first-order valence-corrected chi connectivity index (χ1v) is 9.97. The third kappa shape index (κ3) is 4.34. The highest BCUT2D eigenvalue weighted by Crippen LogP contribution is 2.45. The number of hydrogen-bond donors (Lipinski definition) is 1. The SMILES string of the molecule is CC(C)(C)c1ccc(OCC(O)CN2C(=O)CC3(CCCCC3)C2=O)cc1. The second-order valence-corrected chi connectivity index (χ2v) is 9.07. The summed E-state index contributed by atoms with van der Waals surface area (Å²) in [6.45, 7) is 6.51. The van der Waals surface area contributed by atoms with Gasteiger partial charge in [0.1, 0.15) is 18.5 Å². The van der Waals surface area contributed by atoms with Crippen LogP contribution in [-0.4, -0.2) is 41.1 Å². The van der Waals surface area contributed by atoms with Crippen molar-refractivity contribution in [2.45, 2.75) is 70.8 Å². The Bertz CT molecular complexity index is 683. The molecule has 1 N–H and O–H groups in total. The molecule has 27 heavy (non-hydrogen) atoms. The molecular formula is C22H31NO4. The Morgan fingerprint density at radius 2 is 1.74 bits per heavy atom. The lowest BCUT2D eigenvalue weighted by molar-refractivity contribution is -0.144. The number of aliphatic hydroxyl groups is 1. The van der Waals surface area contributed by atoms with Crippen molar-refractivity contribution in [3.05, 3.63) is 29.8 Å². The molecule has 1 heterocycles. The molecule has 148 valence electrons. The van der Waals surface area contributed by atoms with Crippen LogP contribution in [0.3, 0.4) is 0 Å². The molecule has 1 atom stereocenters. The smallest absolute Gasteiger partial charge is 0.235 e. The lowest BCUT2D eigenvalue weighted by Gasteiger charge is -2.30. The molecule has 1 spiro atoms. The van der Waals surface area contributed by atoms with Crippen molar-refractivity contribution in [2.24, 2.45) is 5.41 Å². The fourth-order valence-electron chi connectivity index (χ4n) is 4.17. The predicted molar refractivity (Wildman–Crippen MR) is 103 cm³/mol. The summed E-state index contributed by atoms with van der Waals surface area (Å²) in [7, 11) is 0. The molecule has 0 aromatic heterocycles. The number of β-amino-alcohol motifs (C(OH)–C–C–N with tert-alkyl or cyclic N) is 1. The first-order chi connectivity index (χ1) is 12.7. The van der Waals surface area contributed by atoms with Gasteiger partial charge in [-0.3, -0.25) is 14.5 Å². The van der Waals surface area contributed by atoms with E-state index < -0.39 is 11.5 Å². The maximum atomic E-state index is 12.8. The average molecular weight is 373 g/mol. The van der Waals surface area contributed by atoms with E-state index in [0.717, 1.165) is 32.1 Å². The van der Waals surface area contributed by atoms with Crippen molar-refractivity contribution in [2.75, 3.05) is 13.2 Å². The summed E-state index contributed by atoms with van der Waals surface area (Å²) in [6.07, 6.45) is 4.13. The van der Waals surface area contributed by atoms with Crippen LogP contribution < -0.4 is 4.74 Å². The number of carbonyl (C=O) groups is 2. The number of likely N-dealkylation sites (tertiary alicyclic amines) is 1. The zero-order valence-corrected chi connectivity index (χ0v) is 16.7. The van der Waals surface area contributed by atoms with Gasteiger partial charge in [-0.05, 0) is 36.0 Å². The van der Waals surface area contributed by atoms with Gasteiger partial charge in [-0.15, -0.1) is 0 Å². The Morgan fingerprint density at radius 3 is 2.33 bits per heavy atom. The van der Waals surface area contributed by atoms with Crippen LogP contribution in [0.25, 0.3) is 0 Å². The monoisotopic (exact) mass is 373 g/mol. The van der Waals surface area contributed by atoms with Gasteiger partial charge in [-0.25, -0.2) is 0 Å². The number of aliphatic hydroxyl groups excluding tert-OH is 1. The average Bonchev–Trinajstić information content (AvgIpc) is 2.84. The normalized spacial score (nSPS) is 21.0. The van der Waals surface area contributed by atoms with Gasteiger partial charge in [0.15, 0.2) is 0 Å². The molecule has 1 aromatic carbocycles. The van der Waals surface area contributed by atoms with Gasteiger partial charge >= 0.3 is 0 Å². The van der Waals surface area contributed by atoms with Gasteiger partial charge in [0.05, 0.1) is 12.0 Å². The lowest BCUT2D eigenvalue weighted by atomic mass is 9.73. The maximum Gasteiger partial charge on any atom is 0.235 e. The molecule has 2 aliphatic rings. The summed E-state index contributed by atoms with van der Waals surface area (Å²) < 4.78 is 5.65. The summed E-state index contributed by atoms with van der Waals surface area (Å²) >= 11 is 0. The largest absolute Gasteiger partial charge is 0.491 e. The predicted octanol–water partition coefficient (Wildman–Crippen LogP) is 3.43. The van der Waals surface area contributed by atoms with Gasteiger partial charge in [0, 0.05) is 6.42 Å². The molecular weight excluding hydrogens is 342 g/mol. The second kappa shape index (κ2) is 7.63. The van der Waals surface area contributed by atoms with E-state index in [2.05, 4.69) is 20.8 Å².